The Bertz CT molecular complexity index is 1030. The molecule has 0 radical (unpaired) electrons. The molecule has 30 heavy (non-hydrogen) atoms. The molecule has 156 valence electrons. The number of hydrogen-bond donors (Lipinski definition) is 2. The average Bonchev–Trinajstić information content (AvgIpc) is 2.73. The van der Waals surface area contributed by atoms with Crippen molar-refractivity contribution in [3.8, 4) is 11.5 Å². The molecule has 1 amide bonds. The Morgan fingerprint density at radius 1 is 1.00 bits per heavy atom. The first-order valence-electron chi connectivity index (χ1n) is 9.30. The summed E-state index contributed by atoms with van der Waals surface area (Å²) >= 11 is 9.67. The van der Waals surface area contributed by atoms with Crippen molar-refractivity contribution >= 4 is 44.8 Å². The van der Waals surface area contributed by atoms with Gasteiger partial charge in [-0.1, -0.05) is 45.2 Å². The molecule has 5 nitrogen and oxygen atoms in total. The third-order valence-corrected chi connectivity index (χ3v) is 5.14. The number of aryl methyl sites for hydroxylation is 1. The van der Waals surface area contributed by atoms with E-state index in [9.17, 15) is 4.79 Å². The van der Waals surface area contributed by atoms with Gasteiger partial charge in [-0.2, -0.15) is 0 Å². The maximum absolute atomic E-state index is 12.2. The molecule has 3 aromatic rings. The zero-order valence-corrected chi connectivity index (χ0v) is 19.0. The van der Waals surface area contributed by atoms with Crippen molar-refractivity contribution in [3.63, 3.8) is 0 Å². The van der Waals surface area contributed by atoms with Crippen LogP contribution in [0.4, 0.5) is 11.4 Å². The second kappa shape index (κ2) is 10.4. The number of halogens is 2. The lowest BCUT2D eigenvalue weighted by Gasteiger charge is -2.14. The van der Waals surface area contributed by atoms with E-state index in [1.54, 1.807) is 19.2 Å². The number of nitrogens with one attached hydrogen (secondary N) is 2. The largest absolute Gasteiger partial charge is 0.495 e. The van der Waals surface area contributed by atoms with Crippen molar-refractivity contribution in [2.24, 2.45) is 0 Å². The van der Waals surface area contributed by atoms with Crippen molar-refractivity contribution in [2.45, 2.75) is 13.5 Å². The highest BCUT2D eigenvalue weighted by atomic mass is 79.9. The van der Waals surface area contributed by atoms with E-state index in [4.69, 9.17) is 21.1 Å². The van der Waals surface area contributed by atoms with Crippen molar-refractivity contribution in [3.05, 3.63) is 81.3 Å². The molecule has 0 unspecified atom stereocenters. The topological polar surface area (TPSA) is 59.6 Å². The minimum Gasteiger partial charge on any atom is -0.495 e. The lowest BCUT2D eigenvalue weighted by molar-refractivity contribution is -0.118. The normalized spacial score (nSPS) is 10.4. The second-order valence-corrected chi connectivity index (χ2v) is 7.98. The summed E-state index contributed by atoms with van der Waals surface area (Å²) in [6, 6.07) is 18.8. The molecule has 3 rings (SSSR count). The molecular formula is C23H22BrClN2O3. The van der Waals surface area contributed by atoms with E-state index in [-0.39, 0.29) is 12.5 Å². The van der Waals surface area contributed by atoms with Gasteiger partial charge >= 0.3 is 0 Å². The molecule has 3 aromatic carbocycles. The van der Waals surface area contributed by atoms with Crippen LogP contribution in [0.3, 0.4) is 0 Å². The van der Waals surface area contributed by atoms with Gasteiger partial charge in [-0.25, -0.2) is 0 Å². The second-order valence-electron chi connectivity index (χ2n) is 6.66. The van der Waals surface area contributed by atoms with Crippen LogP contribution in [0.5, 0.6) is 11.5 Å². The average molecular weight is 490 g/mol. The molecule has 0 aliphatic rings. The fourth-order valence-electron chi connectivity index (χ4n) is 2.78. The maximum atomic E-state index is 12.2. The van der Waals surface area contributed by atoms with Gasteiger partial charge in [0.2, 0.25) is 0 Å². The number of ether oxygens (including phenoxy) is 2. The Hall–Kier alpha value is -2.70. The smallest absolute Gasteiger partial charge is 0.262 e. The van der Waals surface area contributed by atoms with E-state index in [0.29, 0.717) is 23.1 Å². The lowest BCUT2D eigenvalue weighted by Crippen LogP contribution is -2.20. The Morgan fingerprint density at radius 2 is 1.70 bits per heavy atom. The standard InChI is InChI=1S/C23H22BrClN2O3/c1-15-3-6-18(7-4-15)27-23(28)14-30-21-9-5-17(24)11-16(21)13-26-19-8-10-22(29-2)20(25)12-19/h3-12,26H,13-14H2,1-2H3,(H,27,28). The highest BCUT2D eigenvalue weighted by Gasteiger charge is 2.09. The summed E-state index contributed by atoms with van der Waals surface area (Å²) < 4.78 is 11.9. The van der Waals surface area contributed by atoms with E-state index in [0.717, 1.165) is 27.0 Å². The molecule has 0 bridgehead atoms. The summed E-state index contributed by atoms with van der Waals surface area (Å²) in [5, 5.41) is 6.67. The number of rotatable bonds is 8. The molecule has 0 aliphatic carbocycles. The van der Waals surface area contributed by atoms with Crippen molar-refractivity contribution in [1.82, 2.24) is 0 Å². The van der Waals surface area contributed by atoms with Crippen molar-refractivity contribution in [2.75, 3.05) is 24.4 Å². The molecule has 0 fully saturated rings. The number of carbonyl (C=O) groups is 1. The van der Waals surface area contributed by atoms with E-state index in [1.165, 1.54) is 0 Å². The summed E-state index contributed by atoms with van der Waals surface area (Å²) in [5.41, 5.74) is 3.63. The first-order valence-corrected chi connectivity index (χ1v) is 10.5. The van der Waals surface area contributed by atoms with Crippen LogP contribution < -0.4 is 20.1 Å². The highest BCUT2D eigenvalue weighted by Crippen LogP contribution is 2.29. The molecular weight excluding hydrogens is 468 g/mol. The van der Waals surface area contributed by atoms with Crippen LogP contribution in [-0.2, 0) is 11.3 Å². The maximum Gasteiger partial charge on any atom is 0.262 e. The fourth-order valence-corrected chi connectivity index (χ4v) is 3.44. The van der Waals surface area contributed by atoms with Gasteiger partial charge in [0.25, 0.3) is 5.91 Å². The Kier molecular flexibility index (Phi) is 7.60. The number of hydrogen-bond acceptors (Lipinski definition) is 4. The number of amides is 1. The quantitative estimate of drug-likeness (QED) is 0.404. The van der Waals surface area contributed by atoms with E-state index >= 15 is 0 Å². The Labute approximate surface area is 189 Å². The molecule has 2 N–H and O–H groups in total. The first kappa shape index (κ1) is 22.0. The first-order chi connectivity index (χ1) is 14.4. The number of anilines is 2. The van der Waals surface area contributed by atoms with Crippen LogP contribution in [0.2, 0.25) is 5.02 Å². The molecule has 0 saturated carbocycles. The molecule has 0 atom stereocenters. The minimum atomic E-state index is -0.220. The van der Waals surface area contributed by atoms with Gasteiger partial charge in [0.05, 0.1) is 12.1 Å². The lowest BCUT2D eigenvalue weighted by atomic mass is 10.2. The van der Waals surface area contributed by atoms with E-state index < -0.39 is 0 Å². The van der Waals surface area contributed by atoms with E-state index in [1.807, 2.05) is 55.5 Å². The van der Waals surface area contributed by atoms with Crippen LogP contribution in [0.25, 0.3) is 0 Å². The predicted molar refractivity (Wildman–Crippen MR) is 125 cm³/mol. The minimum absolute atomic E-state index is 0.0864. The van der Waals surface area contributed by atoms with Crippen molar-refractivity contribution in [1.29, 1.82) is 0 Å². The van der Waals surface area contributed by atoms with Gasteiger partial charge < -0.3 is 20.1 Å². The summed E-state index contributed by atoms with van der Waals surface area (Å²) in [4.78, 5) is 12.2. The summed E-state index contributed by atoms with van der Waals surface area (Å²) in [7, 11) is 1.58. The predicted octanol–water partition coefficient (Wildman–Crippen LogP) is 6.05. The van der Waals surface area contributed by atoms with Gasteiger partial charge in [-0.05, 0) is 55.5 Å². The number of methoxy groups -OCH3 is 1. The molecule has 7 heteroatoms. The van der Waals surface area contributed by atoms with E-state index in [2.05, 4.69) is 26.6 Å². The van der Waals surface area contributed by atoms with Crippen LogP contribution in [0.1, 0.15) is 11.1 Å². The zero-order chi connectivity index (χ0) is 21.5. The molecule has 0 saturated heterocycles. The molecule has 0 aromatic heterocycles. The number of benzene rings is 3. The highest BCUT2D eigenvalue weighted by molar-refractivity contribution is 9.10. The van der Waals surface area contributed by atoms with Gasteiger partial charge in [0.1, 0.15) is 11.5 Å². The summed E-state index contributed by atoms with van der Waals surface area (Å²) in [6.07, 6.45) is 0. The molecule has 0 aliphatic heterocycles. The third kappa shape index (κ3) is 6.15. The van der Waals surface area contributed by atoms with Crippen LogP contribution in [0.15, 0.2) is 65.1 Å². The van der Waals surface area contributed by atoms with Gasteiger partial charge in [-0.3, -0.25) is 4.79 Å². The molecule has 0 heterocycles. The van der Waals surface area contributed by atoms with Gasteiger partial charge in [0.15, 0.2) is 6.61 Å². The SMILES string of the molecule is COc1ccc(NCc2cc(Br)ccc2OCC(=O)Nc2ccc(C)cc2)cc1Cl. The Morgan fingerprint density at radius 3 is 2.40 bits per heavy atom. The van der Waals surface area contributed by atoms with Crippen LogP contribution >= 0.6 is 27.5 Å². The summed E-state index contributed by atoms with van der Waals surface area (Å²) in [5.74, 6) is 1.03. The summed E-state index contributed by atoms with van der Waals surface area (Å²) in [6.45, 7) is 2.41. The molecule has 0 spiro atoms. The Balaban J connectivity index is 1.62. The monoisotopic (exact) mass is 488 g/mol. The zero-order valence-electron chi connectivity index (χ0n) is 16.7. The number of carbonyl (C=O) groups excluding carboxylic acids is 1. The van der Waals surface area contributed by atoms with Gasteiger partial charge in [0, 0.05) is 28.0 Å². The van der Waals surface area contributed by atoms with Crippen molar-refractivity contribution < 1.29 is 14.3 Å². The third-order valence-electron chi connectivity index (χ3n) is 4.35. The van der Waals surface area contributed by atoms with Gasteiger partial charge in [-0.15, -0.1) is 0 Å². The van der Waals surface area contributed by atoms with Crippen LogP contribution in [-0.4, -0.2) is 19.6 Å². The van der Waals surface area contributed by atoms with Crippen LogP contribution in [0, 0.1) is 6.92 Å². The fraction of sp³-hybridized carbons (Fsp3) is 0.174.